The Bertz CT molecular complexity index is 1050. The summed E-state index contributed by atoms with van der Waals surface area (Å²) in [7, 11) is -3.91. The van der Waals surface area contributed by atoms with Gasteiger partial charge in [0.05, 0.1) is 4.90 Å². The van der Waals surface area contributed by atoms with Crippen LogP contribution in [0.3, 0.4) is 0 Å². The zero-order valence-electron chi connectivity index (χ0n) is 15.3. The molecule has 0 aliphatic heterocycles. The first kappa shape index (κ1) is 22.6. The molecule has 0 saturated carbocycles. The number of hydrogen-bond acceptors (Lipinski definition) is 6. The minimum absolute atomic E-state index is 0.0350. The Labute approximate surface area is 171 Å². The van der Waals surface area contributed by atoms with Crippen molar-refractivity contribution in [3.63, 3.8) is 0 Å². The Morgan fingerprint density at radius 2 is 1.50 bits per heavy atom. The van der Waals surface area contributed by atoms with Crippen molar-refractivity contribution >= 4 is 39.6 Å². The maximum Gasteiger partial charge on any atom is 0.318 e. The molecule has 0 bridgehead atoms. The smallest absolute Gasteiger partial charge is 0.318 e. The fourth-order valence-corrected chi connectivity index (χ4v) is 3.46. The fraction of sp³-hybridized carbons (Fsp3) is 0.105. The first-order chi connectivity index (χ1) is 14.1. The van der Waals surface area contributed by atoms with E-state index in [0.717, 1.165) is 6.08 Å². The Balaban J connectivity index is 2.09. The van der Waals surface area contributed by atoms with Gasteiger partial charge in [-0.2, -0.15) is 0 Å². The largest absolute Gasteiger partial charge is 0.481 e. The summed E-state index contributed by atoms with van der Waals surface area (Å²) in [5.41, 5.74) is 2.61. The number of carboxylic acids is 2. The second-order valence-electron chi connectivity index (χ2n) is 6.11. The lowest BCUT2D eigenvalue weighted by atomic mass is 9.99. The van der Waals surface area contributed by atoms with Crippen molar-refractivity contribution in [2.75, 3.05) is 4.72 Å². The van der Waals surface area contributed by atoms with Crippen LogP contribution in [0.1, 0.15) is 11.1 Å². The summed E-state index contributed by atoms with van der Waals surface area (Å²) in [5, 5.41) is 26.3. The third-order valence-electron chi connectivity index (χ3n) is 3.97. The summed E-state index contributed by atoms with van der Waals surface area (Å²) < 4.78 is 27.3. The highest BCUT2D eigenvalue weighted by Gasteiger charge is 2.25. The third-order valence-corrected chi connectivity index (χ3v) is 5.37. The minimum atomic E-state index is -3.91. The molecule has 0 aromatic heterocycles. The molecule has 0 aliphatic rings. The molecule has 1 amide bonds. The molecule has 5 N–H and O–H groups in total. The maximum absolute atomic E-state index is 12.5. The summed E-state index contributed by atoms with van der Waals surface area (Å²) in [6.07, 6.45) is 2.22. The predicted molar refractivity (Wildman–Crippen MR) is 105 cm³/mol. The van der Waals surface area contributed by atoms with Gasteiger partial charge in [-0.15, -0.1) is 0 Å². The summed E-state index contributed by atoms with van der Waals surface area (Å²) >= 11 is 0. The second kappa shape index (κ2) is 9.67. The molecule has 0 aliphatic carbocycles. The molecule has 0 spiro atoms. The van der Waals surface area contributed by atoms with Gasteiger partial charge in [0.1, 0.15) is 0 Å². The Morgan fingerprint density at radius 3 is 2.00 bits per heavy atom. The average molecular weight is 434 g/mol. The Hall–Kier alpha value is -3.70. The van der Waals surface area contributed by atoms with Crippen molar-refractivity contribution in [2.45, 2.75) is 11.3 Å². The van der Waals surface area contributed by atoms with Crippen LogP contribution < -0.4 is 10.2 Å². The van der Waals surface area contributed by atoms with E-state index in [9.17, 15) is 22.8 Å². The standard InChI is InChI=1S/C19H18N2O8S/c22-17(20-27)10-5-12-3-8-15(9-4-12)30(28,29)21-14-6-1-13(2-7-14)11-16(18(23)24)19(25)26/h1-10,16,21,27H,11H2,(H,20,22)(H,23,24)(H,25,26). The van der Waals surface area contributed by atoms with E-state index in [1.165, 1.54) is 60.1 Å². The topological polar surface area (TPSA) is 170 Å². The third kappa shape index (κ3) is 6.15. The molecule has 11 heteroatoms. The van der Waals surface area contributed by atoms with Crippen molar-refractivity contribution in [3.8, 4) is 0 Å². The maximum atomic E-state index is 12.5. The van der Waals surface area contributed by atoms with Gasteiger partial charge in [-0.3, -0.25) is 24.3 Å². The first-order valence-electron chi connectivity index (χ1n) is 8.42. The van der Waals surface area contributed by atoms with E-state index in [1.807, 2.05) is 0 Å². The van der Waals surface area contributed by atoms with E-state index in [0.29, 0.717) is 11.1 Å². The van der Waals surface area contributed by atoms with Crippen LogP contribution in [-0.2, 0) is 30.8 Å². The minimum Gasteiger partial charge on any atom is -0.481 e. The quantitative estimate of drug-likeness (QED) is 0.170. The van der Waals surface area contributed by atoms with Gasteiger partial charge in [0.25, 0.3) is 15.9 Å². The first-order valence-corrected chi connectivity index (χ1v) is 9.90. The lowest BCUT2D eigenvalue weighted by Gasteiger charge is -2.10. The van der Waals surface area contributed by atoms with Gasteiger partial charge in [-0.25, -0.2) is 13.9 Å². The number of nitrogens with one attached hydrogen (secondary N) is 2. The van der Waals surface area contributed by atoms with Gasteiger partial charge < -0.3 is 10.2 Å². The van der Waals surface area contributed by atoms with Gasteiger partial charge in [-0.05, 0) is 47.9 Å². The summed E-state index contributed by atoms with van der Waals surface area (Å²) in [6, 6.07) is 11.3. The van der Waals surface area contributed by atoms with Crippen LogP contribution in [-0.4, -0.2) is 41.7 Å². The molecule has 0 fully saturated rings. The summed E-state index contributed by atoms with van der Waals surface area (Å²) in [5.74, 6) is -5.23. The zero-order valence-corrected chi connectivity index (χ0v) is 16.2. The van der Waals surface area contributed by atoms with Crippen LogP contribution in [0.4, 0.5) is 5.69 Å². The molecule has 2 aromatic carbocycles. The highest BCUT2D eigenvalue weighted by atomic mass is 32.2. The molecule has 0 unspecified atom stereocenters. The average Bonchev–Trinajstić information content (AvgIpc) is 2.71. The summed E-state index contributed by atoms with van der Waals surface area (Å²) in [4.78, 5) is 32.8. The second-order valence-corrected chi connectivity index (χ2v) is 7.80. The van der Waals surface area contributed by atoms with Crippen molar-refractivity contribution in [3.05, 3.63) is 65.7 Å². The number of rotatable bonds is 9. The van der Waals surface area contributed by atoms with Crippen LogP contribution in [0.15, 0.2) is 59.5 Å². The fourth-order valence-electron chi connectivity index (χ4n) is 2.41. The van der Waals surface area contributed by atoms with Crippen LogP contribution in [0.2, 0.25) is 0 Å². The molecule has 0 heterocycles. The summed E-state index contributed by atoms with van der Waals surface area (Å²) in [6.45, 7) is 0. The Morgan fingerprint density at radius 1 is 0.933 bits per heavy atom. The van der Waals surface area contributed by atoms with E-state index < -0.39 is 33.8 Å². The number of carbonyl (C=O) groups excluding carboxylic acids is 1. The molecule has 0 atom stereocenters. The van der Waals surface area contributed by atoms with Crippen LogP contribution in [0.25, 0.3) is 6.08 Å². The number of sulfonamides is 1. The highest BCUT2D eigenvalue weighted by molar-refractivity contribution is 7.92. The van der Waals surface area contributed by atoms with Gasteiger partial charge in [-0.1, -0.05) is 24.3 Å². The van der Waals surface area contributed by atoms with E-state index in [2.05, 4.69) is 4.72 Å². The number of benzene rings is 2. The van der Waals surface area contributed by atoms with Crippen LogP contribution >= 0.6 is 0 Å². The number of hydroxylamine groups is 1. The zero-order chi connectivity index (χ0) is 22.3. The van der Waals surface area contributed by atoms with Crippen molar-refractivity contribution in [1.82, 2.24) is 5.48 Å². The normalized spacial score (nSPS) is 11.4. The molecule has 30 heavy (non-hydrogen) atoms. The predicted octanol–water partition coefficient (Wildman–Crippen LogP) is 1.33. The number of aliphatic carboxylic acids is 2. The highest BCUT2D eigenvalue weighted by Crippen LogP contribution is 2.19. The van der Waals surface area contributed by atoms with Crippen LogP contribution in [0, 0.1) is 5.92 Å². The number of amides is 1. The lowest BCUT2D eigenvalue weighted by Crippen LogP contribution is -2.25. The van der Waals surface area contributed by atoms with Crippen LogP contribution in [0.5, 0.6) is 0 Å². The molecule has 158 valence electrons. The van der Waals surface area contributed by atoms with E-state index in [-0.39, 0.29) is 17.0 Å². The molecular weight excluding hydrogens is 416 g/mol. The van der Waals surface area contributed by atoms with Crippen molar-refractivity contribution in [1.29, 1.82) is 0 Å². The molecule has 2 aromatic rings. The Kier molecular flexibility index (Phi) is 7.28. The SMILES string of the molecule is O=C(C=Cc1ccc(S(=O)(=O)Nc2ccc(CC(C(=O)O)C(=O)O)cc2)cc1)NO. The number of carbonyl (C=O) groups is 3. The van der Waals surface area contributed by atoms with E-state index in [1.54, 1.807) is 0 Å². The molecule has 10 nitrogen and oxygen atoms in total. The van der Waals surface area contributed by atoms with Gasteiger partial charge in [0, 0.05) is 11.8 Å². The monoisotopic (exact) mass is 434 g/mol. The van der Waals surface area contributed by atoms with Gasteiger partial charge >= 0.3 is 11.9 Å². The van der Waals surface area contributed by atoms with E-state index >= 15 is 0 Å². The van der Waals surface area contributed by atoms with Gasteiger partial charge in [0.2, 0.25) is 0 Å². The number of hydrogen-bond donors (Lipinski definition) is 5. The lowest BCUT2D eigenvalue weighted by molar-refractivity contribution is -0.154. The molecular formula is C19H18N2O8S. The molecule has 0 radical (unpaired) electrons. The van der Waals surface area contributed by atoms with Crippen molar-refractivity contribution < 1.29 is 38.2 Å². The number of anilines is 1. The van der Waals surface area contributed by atoms with E-state index in [4.69, 9.17) is 15.4 Å². The molecule has 0 saturated heterocycles. The molecule has 2 rings (SSSR count). The van der Waals surface area contributed by atoms with Gasteiger partial charge in [0.15, 0.2) is 5.92 Å². The number of carboxylic acid groups (broad SMARTS) is 2. The van der Waals surface area contributed by atoms with Crippen molar-refractivity contribution in [2.24, 2.45) is 5.92 Å².